The smallest absolute Gasteiger partial charge is 0.414 e. The number of hydrogen-bond acceptors (Lipinski definition) is 4. The van der Waals surface area contributed by atoms with Gasteiger partial charge in [0.25, 0.3) is 8.32 Å². The van der Waals surface area contributed by atoms with Crippen molar-refractivity contribution in [1.82, 2.24) is 0 Å². The highest BCUT2D eigenvalue weighted by atomic mass is 28.4. The lowest BCUT2D eigenvalue weighted by Crippen LogP contribution is -2.52. The molecule has 1 aliphatic heterocycles. The van der Waals surface area contributed by atoms with E-state index in [1.165, 1.54) is 38.5 Å². The third-order valence-electron chi connectivity index (χ3n) is 10.5. The molecule has 2 rings (SSSR count). The summed E-state index contributed by atoms with van der Waals surface area (Å²) in [6.45, 7) is 29.1. The zero-order valence-corrected chi connectivity index (χ0v) is 31.5. The van der Waals surface area contributed by atoms with Gasteiger partial charge in [0.1, 0.15) is 23.2 Å². The molecule has 0 N–H and O–H groups in total. The number of benzene rings is 1. The van der Waals surface area contributed by atoms with Crippen LogP contribution in [0, 0.1) is 38.5 Å². The van der Waals surface area contributed by atoms with Crippen molar-refractivity contribution in [2.45, 2.75) is 170 Å². The molecule has 0 amide bonds. The number of nitrogens with zero attached hydrogens (tertiary/aromatic N) is 2. The summed E-state index contributed by atoms with van der Waals surface area (Å²) in [5.41, 5.74) is 12.6. The minimum Gasteiger partial charge on any atom is -0.543 e. The monoisotopic (exact) mass is 628 g/mol. The summed E-state index contributed by atoms with van der Waals surface area (Å²) in [7, 11) is -2.09. The van der Waals surface area contributed by atoms with Crippen LogP contribution in [0.15, 0.2) is 0 Å². The van der Waals surface area contributed by atoms with Crippen LogP contribution < -0.4 is 9.16 Å². The highest BCUT2D eigenvalue weighted by Gasteiger charge is 2.46. The lowest BCUT2D eigenvalue weighted by atomic mass is 9.81. The van der Waals surface area contributed by atoms with Crippen LogP contribution in [0.4, 0.5) is 0 Å². The van der Waals surface area contributed by atoms with Gasteiger partial charge in [-0.15, -0.1) is 0 Å². The number of rotatable bonds is 16. The summed E-state index contributed by atoms with van der Waals surface area (Å²) in [6.07, 6.45) is 11.6. The molecule has 0 spiro atoms. The van der Waals surface area contributed by atoms with E-state index in [9.17, 15) is 4.79 Å². The molecule has 1 heterocycles. The van der Waals surface area contributed by atoms with Crippen molar-refractivity contribution >= 4 is 20.5 Å². The predicted octanol–water partition coefficient (Wildman–Crippen LogP) is 10.3. The lowest BCUT2D eigenvalue weighted by molar-refractivity contribution is -0.158. The Kier molecular flexibility index (Phi) is 13.8. The normalized spacial score (nSPS) is 19.9. The van der Waals surface area contributed by atoms with Crippen LogP contribution in [0.25, 0.3) is 5.53 Å². The molecule has 0 fully saturated rings. The van der Waals surface area contributed by atoms with Crippen LogP contribution in [0.5, 0.6) is 11.5 Å². The van der Waals surface area contributed by atoms with Gasteiger partial charge in [-0.2, -0.15) is 4.79 Å². The molecule has 1 aromatic rings. The van der Waals surface area contributed by atoms with Gasteiger partial charge in [0, 0.05) is 12.0 Å². The molecular formula is C37H64N2O4Si. The van der Waals surface area contributed by atoms with Gasteiger partial charge >= 0.3 is 12.2 Å². The van der Waals surface area contributed by atoms with Crippen molar-refractivity contribution < 1.29 is 23.5 Å². The Morgan fingerprint density at radius 3 is 2.05 bits per heavy atom. The topological polar surface area (TPSA) is 81.2 Å². The van der Waals surface area contributed by atoms with E-state index in [4.69, 9.17) is 19.4 Å². The van der Waals surface area contributed by atoms with Gasteiger partial charge in [0.05, 0.1) is 0 Å². The Morgan fingerprint density at radius 1 is 0.977 bits per heavy atom. The second-order valence-corrected chi connectivity index (χ2v) is 20.7. The zero-order valence-electron chi connectivity index (χ0n) is 30.5. The minimum atomic E-state index is -2.09. The Bertz CT molecular complexity index is 1170. The molecule has 1 aromatic carbocycles. The van der Waals surface area contributed by atoms with E-state index in [1.54, 1.807) is 0 Å². The van der Waals surface area contributed by atoms with Crippen LogP contribution >= 0.6 is 0 Å². The molecule has 0 bridgehead atoms. The second kappa shape index (κ2) is 15.9. The molecule has 4 atom stereocenters. The van der Waals surface area contributed by atoms with Crippen molar-refractivity contribution in [2.24, 2.45) is 17.8 Å². The Balaban J connectivity index is 2.20. The molecule has 0 unspecified atom stereocenters. The Hall–Kier alpha value is -2.11. The van der Waals surface area contributed by atoms with Gasteiger partial charge in [-0.3, -0.25) is 0 Å². The number of carbonyl (C=O) groups is 1. The summed E-state index contributed by atoms with van der Waals surface area (Å²) in [4.78, 5) is 15.4. The number of hydrogen-bond donors (Lipinski definition) is 0. The molecule has 250 valence electrons. The summed E-state index contributed by atoms with van der Waals surface area (Å²) in [5, 5.41) is 0.0648. The van der Waals surface area contributed by atoms with Gasteiger partial charge in [0.15, 0.2) is 0 Å². The van der Waals surface area contributed by atoms with Gasteiger partial charge in [-0.1, -0.05) is 93.4 Å². The first-order valence-corrected chi connectivity index (χ1v) is 20.1. The largest absolute Gasteiger partial charge is 0.543 e. The molecule has 0 saturated heterocycles. The second-order valence-electron chi connectivity index (χ2n) is 16.0. The number of fused-ring (bicyclic) bond motifs is 1. The molecule has 1 aliphatic rings. The first kappa shape index (κ1) is 38.1. The van der Waals surface area contributed by atoms with E-state index < -0.39 is 26.0 Å². The first-order chi connectivity index (χ1) is 20.3. The molecule has 44 heavy (non-hydrogen) atoms. The molecule has 0 aliphatic carbocycles. The molecule has 0 saturated carbocycles. The standard InChI is InChI=1S/C37H64N2O4Si/c1-25(2)17-14-18-26(3)19-15-20-27(4)21-16-22-37(11)32(41-33(40)24-39-38)23-31-30(7)34(28(5)29(6)35(31)42-37)43-44(12,13)36(8,9)10/h24-27,32H,14-23H2,1-13H3/t26-,27-,32+,37-/m1/s1. The lowest BCUT2D eigenvalue weighted by Gasteiger charge is -2.44. The van der Waals surface area contributed by atoms with Crippen LogP contribution in [0.3, 0.4) is 0 Å². The fraction of sp³-hybridized carbons (Fsp3) is 0.784. The fourth-order valence-corrected chi connectivity index (χ4v) is 7.30. The molecule has 0 aromatic heterocycles. The maximum Gasteiger partial charge on any atom is 0.414 e. The van der Waals surface area contributed by atoms with Crippen molar-refractivity contribution in [3.05, 3.63) is 27.8 Å². The van der Waals surface area contributed by atoms with Gasteiger partial charge in [0.2, 0.25) is 0 Å². The summed E-state index contributed by atoms with van der Waals surface area (Å²) < 4.78 is 19.7. The van der Waals surface area contributed by atoms with E-state index in [2.05, 4.69) is 94.0 Å². The van der Waals surface area contributed by atoms with E-state index >= 15 is 0 Å². The first-order valence-electron chi connectivity index (χ1n) is 17.2. The Morgan fingerprint density at radius 2 is 1.52 bits per heavy atom. The molecular weight excluding hydrogens is 565 g/mol. The SMILES string of the molecule is Cc1c(C)c2c(c(C)c1O[Si](C)(C)C(C)(C)C)C[C@H](OC(=O)C=[N+]=[N-])[C@@](C)(CCC[C@H](C)CCC[C@H](C)CCCC(C)C)O2. The van der Waals surface area contributed by atoms with Crippen LogP contribution in [0.2, 0.25) is 18.1 Å². The van der Waals surface area contributed by atoms with Gasteiger partial charge in [-0.05, 0) is 93.1 Å². The van der Waals surface area contributed by atoms with Crippen LogP contribution in [-0.4, -0.2) is 37.0 Å². The fourth-order valence-electron chi connectivity index (χ4n) is 6.18. The summed E-state index contributed by atoms with van der Waals surface area (Å²) >= 11 is 0. The van der Waals surface area contributed by atoms with Crippen molar-refractivity contribution in [3.63, 3.8) is 0 Å². The highest BCUT2D eigenvalue weighted by molar-refractivity contribution is 6.74. The van der Waals surface area contributed by atoms with Crippen LogP contribution in [-0.2, 0) is 16.0 Å². The van der Waals surface area contributed by atoms with E-state index in [0.29, 0.717) is 12.3 Å². The summed E-state index contributed by atoms with van der Waals surface area (Å²) in [6, 6.07) is 0. The van der Waals surface area contributed by atoms with Gasteiger partial charge in [-0.25, -0.2) is 4.79 Å². The maximum absolute atomic E-state index is 12.5. The minimum absolute atomic E-state index is 0.0648. The van der Waals surface area contributed by atoms with Crippen molar-refractivity contribution in [1.29, 1.82) is 0 Å². The van der Waals surface area contributed by atoms with E-state index in [0.717, 1.165) is 71.1 Å². The third-order valence-corrected chi connectivity index (χ3v) is 14.9. The molecule has 7 heteroatoms. The summed E-state index contributed by atoms with van der Waals surface area (Å²) in [5.74, 6) is 3.41. The van der Waals surface area contributed by atoms with Crippen LogP contribution in [0.1, 0.15) is 135 Å². The highest BCUT2D eigenvalue weighted by Crippen LogP contribution is 2.48. The Labute approximate surface area is 270 Å². The predicted molar refractivity (Wildman–Crippen MR) is 185 cm³/mol. The van der Waals surface area contributed by atoms with E-state index in [-0.39, 0.29) is 5.04 Å². The molecule has 0 radical (unpaired) electrons. The number of carbonyl (C=O) groups excluding carboxylic acids is 1. The average molecular weight is 629 g/mol. The average Bonchev–Trinajstić information content (AvgIpc) is 2.90. The third kappa shape index (κ3) is 10.2. The number of ether oxygens (including phenoxy) is 2. The zero-order chi connectivity index (χ0) is 33.5. The number of esters is 1. The molecule has 6 nitrogen and oxygen atoms in total. The quantitative estimate of drug-likeness (QED) is 0.0600. The van der Waals surface area contributed by atoms with Crippen molar-refractivity contribution in [2.75, 3.05) is 0 Å². The van der Waals surface area contributed by atoms with E-state index in [1.807, 2.05) is 0 Å². The van der Waals surface area contributed by atoms with Crippen molar-refractivity contribution in [3.8, 4) is 11.5 Å². The van der Waals surface area contributed by atoms with Gasteiger partial charge < -0.3 is 19.4 Å². The maximum atomic E-state index is 12.5.